The Hall–Kier alpha value is -1.15. The molecule has 0 unspecified atom stereocenters. The van der Waals surface area contributed by atoms with E-state index in [0.717, 1.165) is 10.8 Å². The van der Waals surface area contributed by atoms with E-state index in [-0.39, 0.29) is 5.56 Å². The van der Waals surface area contributed by atoms with Crippen molar-refractivity contribution in [3.63, 3.8) is 0 Å². The number of thioether (sulfide) groups is 1. The van der Waals surface area contributed by atoms with Gasteiger partial charge in [0.1, 0.15) is 0 Å². The average molecular weight is 301 g/mol. The summed E-state index contributed by atoms with van der Waals surface area (Å²) in [6.07, 6.45) is 1.36. The highest BCUT2D eigenvalue weighted by atomic mass is 32.2. The van der Waals surface area contributed by atoms with Crippen LogP contribution in [0, 0.1) is 0 Å². The van der Waals surface area contributed by atoms with Crippen LogP contribution in [-0.4, -0.2) is 62.0 Å². The number of carboxylic acid groups (broad SMARTS) is 1. The third-order valence-corrected chi connectivity index (χ3v) is 3.17. The molecule has 112 valence electrons. The number of aromatic nitrogens is 1. The van der Waals surface area contributed by atoms with Crippen molar-refractivity contribution in [1.29, 1.82) is 0 Å². The lowest BCUT2D eigenvalue weighted by Crippen LogP contribution is -2.09. The van der Waals surface area contributed by atoms with Gasteiger partial charge in [0, 0.05) is 19.1 Å². The second-order valence-corrected chi connectivity index (χ2v) is 4.87. The number of carbonyl (C=O) groups is 1. The molecule has 0 aliphatic rings. The van der Waals surface area contributed by atoms with Crippen LogP contribution in [0.1, 0.15) is 10.4 Å². The van der Waals surface area contributed by atoms with Crippen LogP contribution in [-0.2, 0) is 14.2 Å². The number of methoxy groups -OCH3 is 1. The van der Waals surface area contributed by atoms with E-state index in [0.29, 0.717) is 33.0 Å². The van der Waals surface area contributed by atoms with E-state index in [1.807, 2.05) is 0 Å². The first kappa shape index (κ1) is 16.9. The van der Waals surface area contributed by atoms with Gasteiger partial charge in [0.25, 0.3) is 0 Å². The third-order valence-electron chi connectivity index (χ3n) is 2.26. The number of hydrogen-bond donors (Lipinski definition) is 1. The van der Waals surface area contributed by atoms with E-state index in [2.05, 4.69) is 4.98 Å². The first-order valence-electron chi connectivity index (χ1n) is 6.20. The highest BCUT2D eigenvalue weighted by Crippen LogP contribution is 2.14. The number of pyridine rings is 1. The Morgan fingerprint density at radius 2 is 1.90 bits per heavy atom. The van der Waals surface area contributed by atoms with E-state index >= 15 is 0 Å². The minimum atomic E-state index is -0.967. The van der Waals surface area contributed by atoms with Crippen LogP contribution in [0.15, 0.2) is 23.4 Å². The van der Waals surface area contributed by atoms with Crippen molar-refractivity contribution < 1.29 is 24.1 Å². The summed E-state index contributed by atoms with van der Waals surface area (Å²) in [6.45, 7) is 2.87. The van der Waals surface area contributed by atoms with Crippen molar-refractivity contribution in [2.24, 2.45) is 0 Å². The van der Waals surface area contributed by atoms with Crippen LogP contribution in [0.25, 0.3) is 0 Å². The van der Waals surface area contributed by atoms with Gasteiger partial charge in [-0.1, -0.05) is 0 Å². The summed E-state index contributed by atoms with van der Waals surface area (Å²) in [7, 11) is 1.63. The molecule has 0 fully saturated rings. The molecule has 0 atom stereocenters. The summed E-state index contributed by atoms with van der Waals surface area (Å²) in [4.78, 5) is 14.7. The molecule has 0 aromatic carbocycles. The zero-order chi connectivity index (χ0) is 14.6. The van der Waals surface area contributed by atoms with Gasteiger partial charge in [-0.25, -0.2) is 9.78 Å². The van der Waals surface area contributed by atoms with Gasteiger partial charge in [-0.2, -0.15) is 0 Å². The summed E-state index contributed by atoms with van der Waals surface area (Å²) in [5.74, 6) is -0.205. The SMILES string of the molecule is COCCOCCOCCSc1ccc(C(=O)O)cn1. The number of aromatic carboxylic acids is 1. The van der Waals surface area contributed by atoms with Crippen molar-refractivity contribution in [3.05, 3.63) is 23.9 Å². The van der Waals surface area contributed by atoms with Crippen molar-refractivity contribution in [3.8, 4) is 0 Å². The molecule has 0 saturated carbocycles. The number of rotatable bonds is 11. The maximum absolute atomic E-state index is 10.7. The largest absolute Gasteiger partial charge is 0.478 e. The minimum Gasteiger partial charge on any atom is -0.478 e. The smallest absolute Gasteiger partial charge is 0.337 e. The zero-order valence-corrected chi connectivity index (χ0v) is 12.2. The highest BCUT2D eigenvalue weighted by molar-refractivity contribution is 7.99. The molecule has 1 aromatic heterocycles. The van der Waals surface area contributed by atoms with E-state index in [1.54, 1.807) is 19.2 Å². The molecule has 0 aliphatic carbocycles. The molecule has 1 N–H and O–H groups in total. The molecule has 0 bridgehead atoms. The average Bonchev–Trinajstić information content (AvgIpc) is 2.46. The lowest BCUT2D eigenvalue weighted by atomic mass is 10.3. The monoisotopic (exact) mass is 301 g/mol. The molecule has 0 spiro atoms. The predicted molar refractivity (Wildman–Crippen MR) is 75.4 cm³/mol. The van der Waals surface area contributed by atoms with Crippen LogP contribution in [0.3, 0.4) is 0 Å². The Bertz CT molecular complexity index is 385. The molecule has 7 heteroatoms. The molecule has 0 amide bonds. The number of nitrogens with zero attached hydrogens (tertiary/aromatic N) is 1. The fourth-order valence-electron chi connectivity index (χ4n) is 1.26. The summed E-state index contributed by atoms with van der Waals surface area (Å²) in [5.41, 5.74) is 0.193. The first-order chi connectivity index (χ1) is 9.74. The lowest BCUT2D eigenvalue weighted by molar-refractivity contribution is 0.0286. The van der Waals surface area contributed by atoms with E-state index in [4.69, 9.17) is 19.3 Å². The fourth-order valence-corrected chi connectivity index (χ4v) is 1.96. The van der Waals surface area contributed by atoms with Gasteiger partial charge in [-0.05, 0) is 12.1 Å². The first-order valence-corrected chi connectivity index (χ1v) is 7.19. The molecule has 1 aromatic rings. The van der Waals surface area contributed by atoms with Crippen LogP contribution in [0.4, 0.5) is 0 Å². The van der Waals surface area contributed by atoms with Crippen molar-refractivity contribution in [2.45, 2.75) is 5.03 Å². The Balaban J connectivity index is 2.02. The molecule has 0 saturated heterocycles. The van der Waals surface area contributed by atoms with Crippen molar-refractivity contribution in [2.75, 3.05) is 45.9 Å². The number of carboxylic acids is 1. The van der Waals surface area contributed by atoms with Gasteiger partial charge in [0.2, 0.25) is 0 Å². The lowest BCUT2D eigenvalue weighted by Gasteiger charge is -2.05. The Kier molecular flexibility index (Phi) is 8.97. The van der Waals surface area contributed by atoms with Gasteiger partial charge >= 0.3 is 5.97 Å². The Labute approximate surface area is 122 Å². The minimum absolute atomic E-state index is 0.193. The van der Waals surface area contributed by atoms with Crippen molar-refractivity contribution >= 4 is 17.7 Å². The van der Waals surface area contributed by atoms with Crippen LogP contribution in [0.5, 0.6) is 0 Å². The standard InChI is InChI=1S/C13H19NO5S/c1-17-4-5-18-6-7-19-8-9-20-12-3-2-11(10-14-12)13(15)16/h2-3,10H,4-9H2,1H3,(H,15,16). The maximum atomic E-state index is 10.7. The summed E-state index contributed by atoms with van der Waals surface area (Å²) in [6, 6.07) is 3.24. The van der Waals surface area contributed by atoms with Gasteiger partial charge in [0.05, 0.1) is 43.6 Å². The maximum Gasteiger partial charge on any atom is 0.337 e. The van der Waals surface area contributed by atoms with E-state index in [1.165, 1.54) is 18.0 Å². The van der Waals surface area contributed by atoms with Gasteiger partial charge in [-0.15, -0.1) is 11.8 Å². The van der Waals surface area contributed by atoms with Crippen molar-refractivity contribution in [1.82, 2.24) is 4.98 Å². The normalized spacial score (nSPS) is 10.7. The van der Waals surface area contributed by atoms with Gasteiger partial charge < -0.3 is 19.3 Å². The summed E-state index contributed by atoms with van der Waals surface area (Å²) >= 11 is 1.52. The third kappa shape index (κ3) is 7.44. The molecule has 0 aliphatic heterocycles. The predicted octanol–water partition coefficient (Wildman–Crippen LogP) is 1.55. The molecule has 20 heavy (non-hydrogen) atoms. The Morgan fingerprint density at radius 1 is 1.20 bits per heavy atom. The highest BCUT2D eigenvalue weighted by Gasteiger charge is 2.03. The van der Waals surface area contributed by atoms with Gasteiger partial charge in [-0.3, -0.25) is 0 Å². The molecule has 0 radical (unpaired) electrons. The fraction of sp³-hybridized carbons (Fsp3) is 0.538. The topological polar surface area (TPSA) is 77.9 Å². The zero-order valence-electron chi connectivity index (χ0n) is 11.4. The second-order valence-electron chi connectivity index (χ2n) is 3.76. The van der Waals surface area contributed by atoms with Gasteiger partial charge in [0.15, 0.2) is 0 Å². The Morgan fingerprint density at radius 3 is 2.50 bits per heavy atom. The quantitative estimate of drug-likeness (QED) is 0.491. The summed E-state index contributed by atoms with van der Waals surface area (Å²) in [5, 5.41) is 9.53. The van der Waals surface area contributed by atoms with Crippen LogP contribution < -0.4 is 0 Å². The second kappa shape index (κ2) is 10.6. The molecule has 1 heterocycles. The van der Waals surface area contributed by atoms with Crippen LogP contribution in [0.2, 0.25) is 0 Å². The van der Waals surface area contributed by atoms with E-state index < -0.39 is 5.97 Å². The molecule has 6 nitrogen and oxygen atoms in total. The number of hydrogen-bond acceptors (Lipinski definition) is 6. The summed E-state index contributed by atoms with van der Waals surface area (Å²) < 4.78 is 15.5. The molecular weight excluding hydrogens is 282 g/mol. The van der Waals surface area contributed by atoms with Crippen LogP contribution >= 0.6 is 11.8 Å². The molecular formula is C13H19NO5S. The van der Waals surface area contributed by atoms with E-state index in [9.17, 15) is 4.79 Å². The number of ether oxygens (including phenoxy) is 3. The molecule has 1 rings (SSSR count).